The molecule has 0 fully saturated rings. The maximum atomic E-state index is 12.7. The molecule has 0 spiro atoms. The first kappa shape index (κ1) is 22.2. The predicted molar refractivity (Wildman–Crippen MR) is 113 cm³/mol. The molecule has 0 heterocycles. The molecular formula is C22H29N3O4. The number of carbonyl (C=O) groups excluding carboxylic acids is 2. The van der Waals surface area contributed by atoms with Crippen molar-refractivity contribution in [3.63, 3.8) is 0 Å². The summed E-state index contributed by atoms with van der Waals surface area (Å²) in [5.41, 5.74) is 1.59. The first-order chi connectivity index (χ1) is 13.7. The van der Waals surface area contributed by atoms with Crippen LogP contribution in [-0.4, -0.2) is 47.7 Å². The number of aliphatic hydroxyl groups is 1. The standard InChI is InChI=1S/C22H29N3O4/c1-22(2,3)24-20(27)16-9-11-18(12-10-16)23-21(28)25(13-14-26)15-17-7-5-6-8-19(17)29-4/h5-12,26H,13-15H2,1-4H3,(H,23,28)(H,24,27). The molecule has 0 saturated carbocycles. The number of para-hydroxylation sites is 1. The molecule has 0 aliphatic rings. The monoisotopic (exact) mass is 399 g/mol. The number of nitrogens with zero attached hydrogens (tertiary/aromatic N) is 1. The number of hydrogen-bond acceptors (Lipinski definition) is 4. The second-order valence-corrected chi connectivity index (χ2v) is 7.67. The highest BCUT2D eigenvalue weighted by atomic mass is 16.5. The van der Waals surface area contributed by atoms with Crippen LogP contribution >= 0.6 is 0 Å². The van der Waals surface area contributed by atoms with Gasteiger partial charge in [-0.05, 0) is 51.1 Å². The van der Waals surface area contributed by atoms with Crippen LogP contribution in [0.15, 0.2) is 48.5 Å². The van der Waals surface area contributed by atoms with Crippen LogP contribution in [0.2, 0.25) is 0 Å². The third-order valence-electron chi connectivity index (χ3n) is 4.10. The molecule has 0 unspecified atom stereocenters. The van der Waals surface area contributed by atoms with Crippen LogP contribution in [-0.2, 0) is 6.54 Å². The summed E-state index contributed by atoms with van der Waals surface area (Å²) in [6, 6.07) is 13.7. The maximum absolute atomic E-state index is 12.7. The highest BCUT2D eigenvalue weighted by Gasteiger charge is 2.17. The first-order valence-electron chi connectivity index (χ1n) is 9.45. The molecule has 3 N–H and O–H groups in total. The van der Waals surface area contributed by atoms with E-state index in [4.69, 9.17) is 4.74 Å². The molecule has 156 valence electrons. The predicted octanol–water partition coefficient (Wildman–Crippen LogP) is 3.25. The number of hydrogen-bond donors (Lipinski definition) is 3. The molecule has 3 amide bonds. The average Bonchev–Trinajstić information content (AvgIpc) is 2.67. The Morgan fingerprint density at radius 1 is 1.07 bits per heavy atom. The van der Waals surface area contributed by atoms with Gasteiger partial charge in [-0.25, -0.2) is 4.79 Å². The van der Waals surface area contributed by atoms with Crippen molar-refractivity contribution in [2.75, 3.05) is 25.6 Å². The summed E-state index contributed by atoms with van der Waals surface area (Å²) in [4.78, 5) is 26.4. The van der Waals surface area contributed by atoms with E-state index in [2.05, 4.69) is 10.6 Å². The molecule has 7 heteroatoms. The Hall–Kier alpha value is -3.06. The lowest BCUT2D eigenvalue weighted by Crippen LogP contribution is -2.40. The molecule has 0 saturated heterocycles. The molecule has 0 atom stereocenters. The van der Waals surface area contributed by atoms with Crippen LogP contribution in [0.3, 0.4) is 0 Å². The molecule has 0 bridgehead atoms. The fourth-order valence-electron chi connectivity index (χ4n) is 2.73. The van der Waals surface area contributed by atoms with E-state index in [1.807, 2.05) is 45.0 Å². The van der Waals surface area contributed by atoms with Crippen LogP contribution in [0.1, 0.15) is 36.7 Å². The Morgan fingerprint density at radius 3 is 2.31 bits per heavy atom. The number of methoxy groups -OCH3 is 1. The van der Waals surface area contributed by atoms with Crippen LogP contribution in [0.5, 0.6) is 5.75 Å². The van der Waals surface area contributed by atoms with Gasteiger partial charge in [-0.2, -0.15) is 0 Å². The van der Waals surface area contributed by atoms with Gasteiger partial charge in [-0.1, -0.05) is 18.2 Å². The lowest BCUT2D eigenvalue weighted by Gasteiger charge is -2.23. The van der Waals surface area contributed by atoms with Gasteiger partial charge in [0.2, 0.25) is 0 Å². The molecule has 0 aliphatic carbocycles. The largest absolute Gasteiger partial charge is 0.496 e. The zero-order valence-corrected chi connectivity index (χ0v) is 17.4. The number of urea groups is 1. The quantitative estimate of drug-likeness (QED) is 0.667. The van der Waals surface area contributed by atoms with Crippen molar-refractivity contribution in [1.82, 2.24) is 10.2 Å². The Morgan fingerprint density at radius 2 is 1.72 bits per heavy atom. The van der Waals surface area contributed by atoms with Crippen molar-refractivity contribution in [2.45, 2.75) is 32.9 Å². The molecule has 29 heavy (non-hydrogen) atoms. The molecule has 2 aromatic rings. The summed E-state index contributed by atoms with van der Waals surface area (Å²) in [5.74, 6) is 0.505. The number of aliphatic hydroxyl groups excluding tert-OH is 1. The molecule has 0 aliphatic heterocycles. The van der Waals surface area contributed by atoms with E-state index in [1.165, 1.54) is 4.90 Å². The Kier molecular flexibility index (Phi) is 7.61. The molecule has 2 rings (SSSR count). The second-order valence-electron chi connectivity index (χ2n) is 7.67. The summed E-state index contributed by atoms with van der Waals surface area (Å²) < 4.78 is 5.33. The minimum Gasteiger partial charge on any atom is -0.496 e. The van der Waals surface area contributed by atoms with Crippen LogP contribution in [0.25, 0.3) is 0 Å². The topological polar surface area (TPSA) is 90.9 Å². The molecule has 7 nitrogen and oxygen atoms in total. The number of benzene rings is 2. The Balaban J connectivity index is 2.06. The molecular weight excluding hydrogens is 370 g/mol. The van der Waals surface area contributed by atoms with Crippen molar-refractivity contribution < 1.29 is 19.4 Å². The number of ether oxygens (including phenoxy) is 1. The van der Waals surface area contributed by atoms with E-state index < -0.39 is 0 Å². The summed E-state index contributed by atoms with van der Waals surface area (Å²) in [7, 11) is 1.58. The van der Waals surface area contributed by atoms with Crippen molar-refractivity contribution in [2.24, 2.45) is 0 Å². The minimum atomic E-state index is -0.350. The molecule has 2 aromatic carbocycles. The van der Waals surface area contributed by atoms with Gasteiger partial charge in [0.1, 0.15) is 5.75 Å². The maximum Gasteiger partial charge on any atom is 0.322 e. The SMILES string of the molecule is COc1ccccc1CN(CCO)C(=O)Nc1ccc(C(=O)NC(C)(C)C)cc1. The smallest absolute Gasteiger partial charge is 0.322 e. The number of anilines is 1. The van der Waals surface area contributed by atoms with Crippen molar-refractivity contribution >= 4 is 17.6 Å². The highest BCUT2D eigenvalue weighted by Crippen LogP contribution is 2.20. The number of nitrogens with one attached hydrogen (secondary N) is 2. The lowest BCUT2D eigenvalue weighted by molar-refractivity contribution is 0.0919. The van der Waals surface area contributed by atoms with Crippen LogP contribution in [0, 0.1) is 0 Å². The van der Waals surface area contributed by atoms with E-state index >= 15 is 0 Å². The summed E-state index contributed by atoms with van der Waals surface area (Å²) in [6.45, 7) is 6.05. The van der Waals surface area contributed by atoms with E-state index in [-0.39, 0.29) is 30.6 Å². The number of carbonyl (C=O) groups is 2. The van der Waals surface area contributed by atoms with Gasteiger partial charge in [0, 0.05) is 28.9 Å². The lowest BCUT2D eigenvalue weighted by atomic mass is 10.1. The first-order valence-corrected chi connectivity index (χ1v) is 9.45. The summed E-state index contributed by atoms with van der Waals surface area (Å²) in [6.07, 6.45) is 0. The normalized spacial score (nSPS) is 10.9. The Bertz CT molecular complexity index is 829. The molecule has 0 radical (unpaired) electrons. The second kappa shape index (κ2) is 9.93. The van der Waals surface area contributed by atoms with Gasteiger partial charge in [-0.3, -0.25) is 4.79 Å². The van der Waals surface area contributed by atoms with E-state index in [9.17, 15) is 14.7 Å². The fraction of sp³-hybridized carbons (Fsp3) is 0.364. The van der Waals surface area contributed by atoms with E-state index in [1.54, 1.807) is 31.4 Å². The van der Waals surface area contributed by atoms with Crippen molar-refractivity contribution in [3.05, 3.63) is 59.7 Å². The average molecular weight is 399 g/mol. The van der Waals surface area contributed by atoms with Gasteiger partial charge in [-0.15, -0.1) is 0 Å². The van der Waals surface area contributed by atoms with Crippen molar-refractivity contribution in [3.8, 4) is 5.75 Å². The van der Waals surface area contributed by atoms with Crippen molar-refractivity contribution in [1.29, 1.82) is 0 Å². The third-order valence-corrected chi connectivity index (χ3v) is 4.10. The van der Waals surface area contributed by atoms with Gasteiger partial charge < -0.3 is 25.4 Å². The molecule has 0 aromatic heterocycles. The summed E-state index contributed by atoms with van der Waals surface area (Å²) in [5, 5.41) is 15.0. The number of rotatable bonds is 7. The van der Waals surface area contributed by atoms with Gasteiger partial charge in [0.25, 0.3) is 5.91 Å². The summed E-state index contributed by atoms with van der Waals surface area (Å²) >= 11 is 0. The van der Waals surface area contributed by atoms with E-state index in [0.717, 1.165) is 5.56 Å². The highest BCUT2D eigenvalue weighted by molar-refractivity contribution is 5.96. The zero-order chi connectivity index (χ0) is 21.4. The number of amides is 3. The van der Waals surface area contributed by atoms with E-state index in [0.29, 0.717) is 23.5 Å². The van der Waals surface area contributed by atoms with Gasteiger partial charge in [0.15, 0.2) is 0 Å². The third kappa shape index (κ3) is 6.80. The minimum absolute atomic E-state index is 0.158. The fourth-order valence-corrected chi connectivity index (χ4v) is 2.73. The Labute approximate surface area is 171 Å². The van der Waals surface area contributed by atoms with Gasteiger partial charge in [0.05, 0.1) is 20.3 Å². The van der Waals surface area contributed by atoms with Gasteiger partial charge >= 0.3 is 6.03 Å². The van der Waals surface area contributed by atoms with Crippen LogP contribution in [0.4, 0.5) is 10.5 Å². The van der Waals surface area contributed by atoms with Crippen LogP contribution < -0.4 is 15.4 Å². The zero-order valence-electron chi connectivity index (χ0n) is 17.4.